The average Bonchev–Trinajstić information content (AvgIpc) is 3.00. The summed E-state index contributed by atoms with van der Waals surface area (Å²) in [6.45, 7) is 3.47. The zero-order chi connectivity index (χ0) is 16.3. The van der Waals surface area contributed by atoms with Crippen LogP contribution in [0.5, 0.6) is 0 Å². The van der Waals surface area contributed by atoms with Gasteiger partial charge < -0.3 is 4.74 Å². The molecule has 0 saturated heterocycles. The molecule has 0 aliphatic heterocycles. The molecule has 0 aliphatic carbocycles. The topological polar surface area (TPSA) is 61.2 Å². The summed E-state index contributed by atoms with van der Waals surface area (Å²) in [5.74, 6) is -0.842. The van der Waals surface area contributed by atoms with Gasteiger partial charge in [0.2, 0.25) is 5.78 Å². The zero-order valence-electron chi connectivity index (χ0n) is 12.4. The first-order chi connectivity index (χ1) is 10.4. The summed E-state index contributed by atoms with van der Waals surface area (Å²) in [7, 11) is 1.84. The lowest BCUT2D eigenvalue weighted by Crippen LogP contribution is -2.11. The predicted molar refractivity (Wildman–Crippen MR) is 86.3 cm³/mol. The van der Waals surface area contributed by atoms with Gasteiger partial charge in [-0.3, -0.25) is 9.48 Å². The van der Waals surface area contributed by atoms with Gasteiger partial charge in [0.1, 0.15) is 0 Å². The van der Waals surface area contributed by atoms with Crippen molar-refractivity contribution >= 4 is 40.8 Å². The van der Waals surface area contributed by atoms with Gasteiger partial charge in [-0.1, -0.05) is 11.6 Å². The first-order valence-electron chi connectivity index (χ1n) is 6.52. The summed E-state index contributed by atoms with van der Waals surface area (Å²) >= 11 is 6.92. The van der Waals surface area contributed by atoms with Crippen LogP contribution in [0.1, 0.15) is 26.6 Å². The number of hydrogen-bond acceptors (Lipinski definition) is 5. The second-order valence-electron chi connectivity index (χ2n) is 4.68. The average molecular weight is 339 g/mol. The van der Waals surface area contributed by atoms with E-state index in [2.05, 4.69) is 5.10 Å². The Kier molecular flexibility index (Phi) is 5.15. The molecular weight excluding hydrogens is 324 g/mol. The fourth-order valence-corrected chi connectivity index (χ4v) is 2.87. The lowest BCUT2D eigenvalue weighted by molar-refractivity contribution is -0.136. The molecule has 2 heterocycles. The number of hydrogen-bond donors (Lipinski definition) is 0. The first-order valence-corrected chi connectivity index (χ1v) is 7.71. The monoisotopic (exact) mass is 338 g/mol. The van der Waals surface area contributed by atoms with Crippen molar-refractivity contribution in [3.63, 3.8) is 0 Å². The van der Waals surface area contributed by atoms with Crippen LogP contribution in [0.25, 0.3) is 6.08 Å². The smallest absolute Gasteiger partial charge is 0.331 e. The molecule has 2 aromatic rings. The number of carbonyl (C=O) groups is 2. The minimum Gasteiger partial charge on any atom is -0.454 e. The van der Waals surface area contributed by atoms with E-state index in [0.29, 0.717) is 9.21 Å². The Bertz CT molecular complexity index is 746. The lowest BCUT2D eigenvalue weighted by atomic mass is 10.2. The van der Waals surface area contributed by atoms with Crippen molar-refractivity contribution in [2.24, 2.45) is 7.05 Å². The molecule has 0 bridgehead atoms. The molecule has 2 rings (SSSR count). The van der Waals surface area contributed by atoms with Crippen molar-refractivity contribution in [2.45, 2.75) is 13.8 Å². The van der Waals surface area contributed by atoms with Crippen molar-refractivity contribution in [1.29, 1.82) is 0 Å². The summed E-state index contributed by atoms with van der Waals surface area (Å²) in [4.78, 5) is 23.9. The van der Waals surface area contributed by atoms with Crippen LogP contribution in [0.2, 0.25) is 4.34 Å². The molecule has 0 amide bonds. The highest BCUT2D eigenvalue weighted by molar-refractivity contribution is 7.18. The number of rotatable bonds is 5. The minimum absolute atomic E-state index is 0.271. The number of ether oxygens (including phenoxy) is 1. The highest BCUT2D eigenvalue weighted by Crippen LogP contribution is 2.21. The van der Waals surface area contributed by atoms with Gasteiger partial charge in [0, 0.05) is 24.4 Å². The SMILES string of the molecule is Cc1nn(C)c(C)c1/C=C/C(=O)OCC(=O)c1ccc(Cl)s1. The maximum atomic E-state index is 11.8. The van der Waals surface area contributed by atoms with Gasteiger partial charge in [0.05, 0.1) is 14.9 Å². The quantitative estimate of drug-likeness (QED) is 0.477. The summed E-state index contributed by atoms with van der Waals surface area (Å²) in [5, 5.41) is 4.25. The maximum absolute atomic E-state index is 11.8. The highest BCUT2D eigenvalue weighted by Gasteiger charge is 2.11. The molecule has 7 heteroatoms. The number of nitrogens with zero attached hydrogens (tertiary/aromatic N) is 2. The van der Waals surface area contributed by atoms with Crippen LogP contribution in [-0.2, 0) is 16.6 Å². The van der Waals surface area contributed by atoms with Crippen LogP contribution in [0.15, 0.2) is 18.2 Å². The van der Waals surface area contributed by atoms with Crippen LogP contribution in [0.3, 0.4) is 0 Å². The molecule has 0 aromatic carbocycles. The van der Waals surface area contributed by atoms with E-state index < -0.39 is 5.97 Å². The Morgan fingerprint density at radius 3 is 2.68 bits per heavy atom. The summed E-state index contributed by atoms with van der Waals surface area (Å²) in [6.07, 6.45) is 2.94. The normalized spacial score (nSPS) is 11.1. The van der Waals surface area contributed by atoms with E-state index in [-0.39, 0.29) is 12.4 Å². The van der Waals surface area contributed by atoms with Crippen molar-refractivity contribution in [3.8, 4) is 0 Å². The third-order valence-electron chi connectivity index (χ3n) is 3.14. The molecule has 0 aliphatic rings. The molecule has 0 N–H and O–H groups in total. The second-order valence-corrected chi connectivity index (χ2v) is 6.39. The van der Waals surface area contributed by atoms with Gasteiger partial charge in [-0.05, 0) is 32.1 Å². The van der Waals surface area contributed by atoms with Crippen LogP contribution < -0.4 is 0 Å². The van der Waals surface area contributed by atoms with E-state index >= 15 is 0 Å². The number of aromatic nitrogens is 2. The fraction of sp³-hybridized carbons (Fsp3) is 0.267. The van der Waals surface area contributed by atoms with E-state index in [1.165, 1.54) is 6.08 Å². The third-order valence-corrected chi connectivity index (χ3v) is 4.42. The van der Waals surface area contributed by atoms with Crippen LogP contribution in [-0.4, -0.2) is 28.1 Å². The van der Waals surface area contributed by atoms with E-state index in [1.54, 1.807) is 22.9 Å². The minimum atomic E-state index is -0.571. The Morgan fingerprint density at radius 2 is 2.14 bits per heavy atom. The molecule has 0 saturated carbocycles. The van der Waals surface area contributed by atoms with Gasteiger partial charge in [-0.2, -0.15) is 5.10 Å². The van der Waals surface area contributed by atoms with E-state index in [4.69, 9.17) is 16.3 Å². The molecule has 116 valence electrons. The zero-order valence-corrected chi connectivity index (χ0v) is 14.0. The fourth-order valence-electron chi connectivity index (χ4n) is 1.90. The first kappa shape index (κ1) is 16.5. The highest BCUT2D eigenvalue weighted by atomic mass is 35.5. The Labute approximate surface area is 137 Å². The number of Topliss-reactive ketones (excluding diaryl/α,β-unsaturated/α-hetero) is 1. The molecule has 0 radical (unpaired) electrons. The predicted octanol–water partition coefficient (Wildman–Crippen LogP) is 3.19. The van der Waals surface area contributed by atoms with Gasteiger partial charge >= 0.3 is 5.97 Å². The van der Waals surface area contributed by atoms with Crippen molar-refractivity contribution < 1.29 is 14.3 Å². The van der Waals surface area contributed by atoms with Crippen molar-refractivity contribution in [1.82, 2.24) is 9.78 Å². The van der Waals surface area contributed by atoms with E-state index in [9.17, 15) is 9.59 Å². The number of aryl methyl sites for hydroxylation is 2. The van der Waals surface area contributed by atoms with Crippen molar-refractivity contribution in [2.75, 3.05) is 6.61 Å². The molecule has 0 fully saturated rings. The van der Waals surface area contributed by atoms with Crippen molar-refractivity contribution in [3.05, 3.63) is 44.4 Å². The van der Waals surface area contributed by atoms with Gasteiger partial charge in [0.25, 0.3) is 0 Å². The van der Waals surface area contributed by atoms with Crippen LogP contribution in [0, 0.1) is 13.8 Å². The van der Waals surface area contributed by atoms with Crippen LogP contribution >= 0.6 is 22.9 Å². The summed E-state index contributed by atoms with van der Waals surface area (Å²) in [6, 6.07) is 3.25. The largest absolute Gasteiger partial charge is 0.454 e. The molecule has 5 nitrogen and oxygen atoms in total. The van der Waals surface area contributed by atoms with E-state index in [1.807, 2.05) is 20.9 Å². The molecular formula is C15H15ClN2O3S. The Morgan fingerprint density at radius 1 is 1.41 bits per heavy atom. The van der Waals surface area contributed by atoms with E-state index in [0.717, 1.165) is 28.3 Å². The number of ketones is 1. The Hall–Kier alpha value is -1.92. The molecule has 0 spiro atoms. The third kappa shape index (κ3) is 3.84. The summed E-state index contributed by atoms with van der Waals surface area (Å²) < 4.78 is 7.20. The number of esters is 1. The van der Waals surface area contributed by atoms with Gasteiger partial charge in [-0.15, -0.1) is 11.3 Å². The Balaban J connectivity index is 1.93. The number of thiophene rings is 1. The number of carbonyl (C=O) groups excluding carboxylic acids is 2. The number of halogens is 1. The van der Waals surface area contributed by atoms with Gasteiger partial charge in [-0.25, -0.2) is 4.79 Å². The second kappa shape index (κ2) is 6.89. The summed E-state index contributed by atoms with van der Waals surface area (Å²) in [5.41, 5.74) is 2.65. The van der Waals surface area contributed by atoms with Gasteiger partial charge in [0.15, 0.2) is 6.61 Å². The molecule has 22 heavy (non-hydrogen) atoms. The standard InChI is InChI=1S/C15H15ClN2O3S/c1-9-11(10(2)18(3)17-9)4-7-15(20)21-8-12(19)13-5-6-14(16)22-13/h4-7H,8H2,1-3H3/b7-4+. The molecule has 0 unspecified atom stereocenters. The van der Waals surface area contributed by atoms with Crippen LogP contribution in [0.4, 0.5) is 0 Å². The maximum Gasteiger partial charge on any atom is 0.331 e. The molecule has 0 atom stereocenters. The lowest BCUT2D eigenvalue weighted by Gasteiger charge is -1.99. The molecule has 2 aromatic heterocycles.